The summed E-state index contributed by atoms with van der Waals surface area (Å²) in [5.41, 5.74) is 3.40. The average molecular weight is 235 g/mol. The number of hydrogen-bond acceptors (Lipinski definition) is 2. The molecule has 3 rings (SSSR count). The molecule has 2 heteroatoms. The number of hydrogen-bond donors (Lipinski definition) is 0. The van der Waals surface area contributed by atoms with Crippen molar-refractivity contribution < 1.29 is 4.74 Å². The summed E-state index contributed by atoms with van der Waals surface area (Å²) in [4.78, 5) is 4.32. The predicted molar refractivity (Wildman–Crippen MR) is 73.7 cm³/mol. The van der Waals surface area contributed by atoms with Crippen LogP contribution in [0.15, 0.2) is 60.8 Å². The SMILES string of the molecule is COc1ccc(-c2ccc3ncccc3c2)cc1. The Hall–Kier alpha value is -2.35. The Morgan fingerprint density at radius 3 is 2.44 bits per heavy atom. The minimum Gasteiger partial charge on any atom is -0.497 e. The highest BCUT2D eigenvalue weighted by molar-refractivity contribution is 5.84. The molecule has 18 heavy (non-hydrogen) atoms. The zero-order chi connectivity index (χ0) is 12.4. The number of rotatable bonds is 2. The van der Waals surface area contributed by atoms with Crippen molar-refractivity contribution in [2.45, 2.75) is 0 Å². The van der Waals surface area contributed by atoms with Gasteiger partial charge in [-0.15, -0.1) is 0 Å². The van der Waals surface area contributed by atoms with Crippen molar-refractivity contribution in [3.63, 3.8) is 0 Å². The Morgan fingerprint density at radius 1 is 0.889 bits per heavy atom. The third-order valence-electron chi connectivity index (χ3n) is 3.03. The summed E-state index contributed by atoms with van der Waals surface area (Å²) in [6, 6.07) is 18.4. The summed E-state index contributed by atoms with van der Waals surface area (Å²) in [5, 5.41) is 1.16. The molecule has 3 aromatic rings. The van der Waals surface area contributed by atoms with Crippen LogP contribution in [-0.2, 0) is 0 Å². The Labute approximate surface area is 106 Å². The topological polar surface area (TPSA) is 22.1 Å². The molecule has 0 unspecified atom stereocenters. The summed E-state index contributed by atoms with van der Waals surface area (Å²) in [5.74, 6) is 0.876. The van der Waals surface area contributed by atoms with E-state index in [0.717, 1.165) is 16.7 Å². The minimum atomic E-state index is 0.876. The first-order valence-corrected chi connectivity index (χ1v) is 5.86. The lowest BCUT2D eigenvalue weighted by Gasteiger charge is -2.05. The second kappa shape index (κ2) is 4.49. The third-order valence-corrected chi connectivity index (χ3v) is 3.03. The molecule has 0 fully saturated rings. The van der Waals surface area contributed by atoms with Gasteiger partial charge < -0.3 is 4.74 Å². The van der Waals surface area contributed by atoms with Gasteiger partial charge in [-0.25, -0.2) is 0 Å². The van der Waals surface area contributed by atoms with E-state index in [2.05, 4.69) is 41.4 Å². The molecule has 0 amide bonds. The maximum absolute atomic E-state index is 5.17. The van der Waals surface area contributed by atoms with Crippen molar-refractivity contribution >= 4 is 10.9 Å². The molecule has 0 N–H and O–H groups in total. The van der Waals surface area contributed by atoms with Crippen LogP contribution >= 0.6 is 0 Å². The molecule has 0 bridgehead atoms. The number of nitrogens with zero attached hydrogens (tertiary/aromatic N) is 1. The van der Waals surface area contributed by atoms with Crippen molar-refractivity contribution in [3.05, 3.63) is 60.8 Å². The van der Waals surface area contributed by atoms with Crippen LogP contribution in [0.3, 0.4) is 0 Å². The summed E-state index contributed by atoms with van der Waals surface area (Å²) < 4.78 is 5.17. The summed E-state index contributed by atoms with van der Waals surface area (Å²) in [6.07, 6.45) is 1.81. The number of aromatic nitrogens is 1. The lowest BCUT2D eigenvalue weighted by molar-refractivity contribution is 0.415. The Morgan fingerprint density at radius 2 is 1.67 bits per heavy atom. The largest absolute Gasteiger partial charge is 0.497 e. The monoisotopic (exact) mass is 235 g/mol. The van der Waals surface area contributed by atoms with E-state index in [1.807, 2.05) is 24.4 Å². The maximum Gasteiger partial charge on any atom is 0.118 e. The van der Waals surface area contributed by atoms with Crippen LogP contribution in [0.2, 0.25) is 0 Å². The van der Waals surface area contributed by atoms with Crippen molar-refractivity contribution in [2.75, 3.05) is 7.11 Å². The molecule has 88 valence electrons. The maximum atomic E-state index is 5.17. The lowest BCUT2D eigenvalue weighted by Crippen LogP contribution is -1.83. The number of methoxy groups -OCH3 is 1. The van der Waals surface area contributed by atoms with Crippen LogP contribution in [0.5, 0.6) is 5.75 Å². The van der Waals surface area contributed by atoms with Crippen LogP contribution in [-0.4, -0.2) is 12.1 Å². The number of fused-ring (bicyclic) bond motifs is 1. The van der Waals surface area contributed by atoms with Gasteiger partial charge in [0.05, 0.1) is 12.6 Å². The van der Waals surface area contributed by atoms with Gasteiger partial charge in [0.15, 0.2) is 0 Å². The van der Waals surface area contributed by atoms with Gasteiger partial charge in [0.1, 0.15) is 5.75 Å². The average Bonchev–Trinajstić information content (AvgIpc) is 2.47. The van der Waals surface area contributed by atoms with Gasteiger partial charge >= 0.3 is 0 Å². The van der Waals surface area contributed by atoms with Crippen LogP contribution in [0.1, 0.15) is 0 Å². The van der Waals surface area contributed by atoms with Crippen molar-refractivity contribution in [1.82, 2.24) is 4.98 Å². The second-order valence-corrected chi connectivity index (χ2v) is 4.14. The van der Waals surface area contributed by atoms with Gasteiger partial charge in [-0.2, -0.15) is 0 Å². The summed E-state index contributed by atoms with van der Waals surface area (Å²) in [7, 11) is 1.68. The van der Waals surface area contributed by atoms with Gasteiger partial charge in [0.25, 0.3) is 0 Å². The van der Waals surface area contributed by atoms with E-state index in [-0.39, 0.29) is 0 Å². The van der Waals surface area contributed by atoms with E-state index in [1.165, 1.54) is 11.1 Å². The fourth-order valence-corrected chi connectivity index (χ4v) is 2.04. The Kier molecular flexibility index (Phi) is 2.69. The van der Waals surface area contributed by atoms with E-state index in [4.69, 9.17) is 4.74 Å². The summed E-state index contributed by atoms with van der Waals surface area (Å²) in [6.45, 7) is 0. The molecule has 0 spiro atoms. The van der Waals surface area contributed by atoms with E-state index in [9.17, 15) is 0 Å². The van der Waals surface area contributed by atoms with E-state index < -0.39 is 0 Å². The molecule has 1 aromatic heterocycles. The normalized spacial score (nSPS) is 10.5. The van der Waals surface area contributed by atoms with Gasteiger partial charge in [0, 0.05) is 11.6 Å². The van der Waals surface area contributed by atoms with Gasteiger partial charge in [-0.3, -0.25) is 4.98 Å². The van der Waals surface area contributed by atoms with Crippen molar-refractivity contribution in [1.29, 1.82) is 0 Å². The van der Waals surface area contributed by atoms with Gasteiger partial charge in [0.2, 0.25) is 0 Å². The fraction of sp³-hybridized carbons (Fsp3) is 0.0625. The summed E-state index contributed by atoms with van der Waals surface area (Å²) >= 11 is 0. The molecule has 0 aliphatic carbocycles. The van der Waals surface area contributed by atoms with Gasteiger partial charge in [-0.05, 0) is 41.5 Å². The highest BCUT2D eigenvalue weighted by Gasteiger charge is 2.00. The minimum absolute atomic E-state index is 0.876. The first kappa shape index (κ1) is 10.8. The number of ether oxygens (including phenoxy) is 1. The first-order chi connectivity index (χ1) is 8.86. The molecule has 0 saturated heterocycles. The molecular weight excluding hydrogens is 222 g/mol. The molecule has 0 aliphatic heterocycles. The Bertz CT molecular complexity index is 674. The first-order valence-electron chi connectivity index (χ1n) is 5.86. The molecule has 0 radical (unpaired) electrons. The van der Waals surface area contributed by atoms with Crippen LogP contribution in [0.25, 0.3) is 22.0 Å². The molecule has 1 heterocycles. The molecule has 0 aliphatic rings. The molecular formula is C16H13NO. The lowest BCUT2D eigenvalue weighted by atomic mass is 10.0. The van der Waals surface area contributed by atoms with Crippen molar-refractivity contribution in [2.24, 2.45) is 0 Å². The quantitative estimate of drug-likeness (QED) is 0.671. The highest BCUT2D eigenvalue weighted by atomic mass is 16.5. The standard InChI is InChI=1S/C16H13NO/c1-18-15-7-4-12(5-8-15)13-6-9-16-14(11-13)3-2-10-17-16/h2-11H,1H3. The van der Waals surface area contributed by atoms with E-state index in [0.29, 0.717) is 0 Å². The van der Waals surface area contributed by atoms with Crippen LogP contribution in [0.4, 0.5) is 0 Å². The number of pyridine rings is 1. The highest BCUT2D eigenvalue weighted by Crippen LogP contribution is 2.25. The number of benzene rings is 2. The predicted octanol–water partition coefficient (Wildman–Crippen LogP) is 3.91. The third kappa shape index (κ3) is 1.93. The van der Waals surface area contributed by atoms with Crippen LogP contribution in [0, 0.1) is 0 Å². The smallest absolute Gasteiger partial charge is 0.118 e. The van der Waals surface area contributed by atoms with Crippen LogP contribution < -0.4 is 4.74 Å². The molecule has 2 aromatic carbocycles. The zero-order valence-electron chi connectivity index (χ0n) is 10.1. The molecule has 0 saturated carbocycles. The van der Waals surface area contributed by atoms with Gasteiger partial charge in [-0.1, -0.05) is 24.3 Å². The molecule has 2 nitrogen and oxygen atoms in total. The molecule has 0 atom stereocenters. The fourth-order valence-electron chi connectivity index (χ4n) is 2.04. The second-order valence-electron chi connectivity index (χ2n) is 4.14. The van der Waals surface area contributed by atoms with E-state index >= 15 is 0 Å². The van der Waals surface area contributed by atoms with E-state index in [1.54, 1.807) is 7.11 Å². The van der Waals surface area contributed by atoms with Crippen molar-refractivity contribution in [3.8, 4) is 16.9 Å². The zero-order valence-corrected chi connectivity index (χ0v) is 10.1. The Balaban J connectivity index is 2.07.